The first-order valence-corrected chi connectivity index (χ1v) is 7.56. The summed E-state index contributed by atoms with van der Waals surface area (Å²) >= 11 is 1.74. The predicted molar refractivity (Wildman–Crippen MR) is 79.5 cm³/mol. The lowest BCUT2D eigenvalue weighted by molar-refractivity contribution is 0.0955. The van der Waals surface area contributed by atoms with Crippen molar-refractivity contribution in [1.29, 1.82) is 0 Å². The second-order valence-corrected chi connectivity index (χ2v) is 5.10. The third-order valence-electron chi connectivity index (χ3n) is 2.69. The molecule has 7 heteroatoms. The van der Waals surface area contributed by atoms with E-state index in [4.69, 9.17) is 10.3 Å². The van der Waals surface area contributed by atoms with Gasteiger partial charge in [-0.25, -0.2) is 0 Å². The van der Waals surface area contributed by atoms with E-state index < -0.39 is 0 Å². The molecule has 0 aliphatic heterocycles. The number of carbonyl (C=O) groups excluding carboxylic acids is 1. The number of nitrogens with zero attached hydrogens (tertiary/aromatic N) is 2. The second-order valence-electron chi connectivity index (χ2n) is 4.11. The normalized spacial score (nSPS) is 10.4. The highest BCUT2D eigenvalue weighted by Crippen LogP contribution is 2.26. The molecular weight excluding hydrogens is 276 g/mol. The summed E-state index contributed by atoms with van der Waals surface area (Å²) in [6.07, 6.45) is 6.19. The van der Waals surface area contributed by atoms with Gasteiger partial charge in [-0.2, -0.15) is 11.8 Å². The molecule has 1 amide bonds. The van der Waals surface area contributed by atoms with E-state index in [0.717, 1.165) is 12.2 Å². The number of hydrogen-bond acceptors (Lipinski definition) is 6. The molecule has 2 aromatic heterocycles. The molecule has 0 bridgehead atoms. The monoisotopic (exact) mass is 292 g/mol. The van der Waals surface area contributed by atoms with E-state index in [0.29, 0.717) is 17.8 Å². The Hall–Kier alpha value is -2.02. The number of hydrogen-bond donors (Lipinski definition) is 2. The van der Waals surface area contributed by atoms with Gasteiger partial charge < -0.3 is 15.6 Å². The third kappa shape index (κ3) is 3.30. The predicted octanol–water partition coefficient (Wildman–Crippen LogP) is 1.80. The number of aromatic nitrogens is 2. The molecule has 0 saturated heterocycles. The molecule has 0 aliphatic rings. The number of amides is 1. The maximum atomic E-state index is 12.2. The Morgan fingerprint density at radius 1 is 1.55 bits per heavy atom. The van der Waals surface area contributed by atoms with Crippen LogP contribution in [0.25, 0.3) is 11.3 Å². The maximum absolute atomic E-state index is 12.2. The van der Waals surface area contributed by atoms with Crippen molar-refractivity contribution in [2.24, 2.45) is 0 Å². The van der Waals surface area contributed by atoms with Crippen LogP contribution in [0.15, 0.2) is 29.0 Å². The Morgan fingerprint density at radius 2 is 2.40 bits per heavy atom. The third-order valence-corrected chi connectivity index (χ3v) is 3.39. The fourth-order valence-corrected chi connectivity index (χ4v) is 2.16. The van der Waals surface area contributed by atoms with Gasteiger partial charge >= 0.3 is 0 Å². The molecule has 0 radical (unpaired) electrons. The van der Waals surface area contributed by atoms with Crippen molar-refractivity contribution in [3.63, 3.8) is 0 Å². The van der Waals surface area contributed by atoms with E-state index in [1.54, 1.807) is 36.3 Å². The van der Waals surface area contributed by atoms with Crippen LogP contribution in [0.4, 0.5) is 5.88 Å². The first-order valence-electron chi connectivity index (χ1n) is 6.16. The molecular formula is C13H16N4O2S. The molecule has 2 aromatic rings. The van der Waals surface area contributed by atoms with Crippen LogP contribution >= 0.6 is 11.8 Å². The quantitative estimate of drug-likeness (QED) is 0.788. The smallest absolute Gasteiger partial charge is 0.259 e. The van der Waals surface area contributed by atoms with E-state index in [1.807, 2.05) is 6.26 Å². The molecule has 106 valence electrons. The number of rotatable bonds is 6. The summed E-state index contributed by atoms with van der Waals surface area (Å²) in [5.41, 5.74) is 7.07. The van der Waals surface area contributed by atoms with Gasteiger partial charge in [-0.05, 0) is 30.6 Å². The van der Waals surface area contributed by atoms with E-state index in [9.17, 15) is 4.79 Å². The van der Waals surface area contributed by atoms with Crippen molar-refractivity contribution in [2.45, 2.75) is 6.42 Å². The first-order chi connectivity index (χ1) is 9.74. The molecule has 20 heavy (non-hydrogen) atoms. The van der Waals surface area contributed by atoms with Crippen LogP contribution in [0.1, 0.15) is 16.8 Å². The van der Waals surface area contributed by atoms with Crippen LogP contribution in [0.2, 0.25) is 0 Å². The van der Waals surface area contributed by atoms with Gasteiger partial charge in [0.25, 0.3) is 5.91 Å². The highest BCUT2D eigenvalue weighted by Gasteiger charge is 2.22. The Kier molecular flexibility index (Phi) is 5.00. The molecule has 0 aliphatic carbocycles. The van der Waals surface area contributed by atoms with Crippen LogP contribution < -0.4 is 11.1 Å². The minimum absolute atomic E-state index is 0.0196. The van der Waals surface area contributed by atoms with Crippen LogP contribution in [-0.2, 0) is 0 Å². The van der Waals surface area contributed by atoms with Crippen LogP contribution in [0, 0.1) is 0 Å². The minimum Gasteiger partial charge on any atom is -0.367 e. The maximum Gasteiger partial charge on any atom is 0.259 e. The summed E-state index contributed by atoms with van der Waals surface area (Å²) in [5.74, 6) is 0.740. The van der Waals surface area contributed by atoms with Crippen LogP contribution in [0.5, 0.6) is 0 Å². The van der Waals surface area contributed by atoms with Crippen LogP contribution in [0.3, 0.4) is 0 Å². The Bertz CT molecular complexity index is 571. The zero-order chi connectivity index (χ0) is 14.4. The summed E-state index contributed by atoms with van der Waals surface area (Å²) < 4.78 is 4.93. The van der Waals surface area contributed by atoms with E-state index in [1.165, 1.54) is 0 Å². The largest absolute Gasteiger partial charge is 0.367 e. The number of anilines is 1. The molecule has 0 aromatic carbocycles. The SMILES string of the molecule is CSCCCNC(=O)c1c(-c2cccnc2)noc1N. The fourth-order valence-electron chi connectivity index (χ4n) is 1.73. The molecule has 6 nitrogen and oxygen atoms in total. The fraction of sp³-hybridized carbons (Fsp3) is 0.308. The molecule has 3 N–H and O–H groups in total. The number of nitrogen functional groups attached to an aromatic ring is 1. The molecule has 0 spiro atoms. The molecule has 2 heterocycles. The first kappa shape index (κ1) is 14.4. The number of carbonyl (C=O) groups is 1. The van der Waals surface area contributed by atoms with E-state index in [-0.39, 0.29) is 17.4 Å². The number of nitrogens with one attached hydrogen (secondary N) is 1. The minimum atomic E-state index is -0.274. The number of pyridine rings is 1. The van der Waals surface area contributed by atoms with Gasteiger partial charge in [-0.15, -0.1) is 0 Å². The molecule has 0 saturated carbocycles. The van der Waals surface area contributed by atoms with Crippen molar-refractivity contribution >= 4 is 23.6 Å². The lowest BCUT2D eigenvalue weighted by Gasteiger charge is -2.04. The van der Waals surface area contributed by atoms with Crippen molar-refractivity contribution in [2.75, 3.05) is 24.3 Å². The number of thioether (sulfide) groups is 1. The van der Waals surface area contributed by atoms with Gasteiger partial charge in [0.15, 0.2) is 0 Å². The Balaban J connectivity index is 2.15. The van der Waals surface area contributed by atoms with Gasteiger partial charge in [-0.3, -0.25) is 9.78 Å². The van der Waals surface area contributed by atoms with Crippen LogP contribution in [-0.4, -0.2) is 34.6 Å². The second kappa shape index (κ2) is 6.95. The van der Waals surface area contributed by atoms with Gasteiger partial charge in [0.1, 0.15) is 11.3 Å². The van der Waals surface area contributed by atoms with Gasteiger partial charge in [0, 0.05) is 24.5 Å². The average molecular weight is 292 g/mol. The summed E-state index contributed by atoms with van der Waals surface area (Å²) in [5, 5.41) is 6.66. The summed E-state index contributed by atoms with van der Waals surface area (Å²) in [6.45, 7) is 0.594. The topological polar surface area (TPSA) is 94.0 Å². The van der Waals surface area contributed by atoms with Gasteiger partial charge in [0.2, 0.25) is 5.88 Å². The molecule has 0 unspecified atom stereocenters. The van der Waals surface area contributed by atoms with Crippen molar-refractivity contribution in [3.05, 3.63) is 30.1 Å². The average Bonchev–Trinajstić information content (AvgIpc) is 2.86. The highest BCUT2D eigenvalue weighted by molar-refractivity contribution is 7.98. The van der Waals surface area contributed by atoms with Crippen molar-refractivity contribution < 1.29 is 9.32 Å². The van der Waals surface area contributed by atoms with E-state index in [2.05, 4.69) is 15.5 Å². The summed E-state index contributed by atoms with van der Waals surface area (Å²) in [6, 6.07) is 3.56. The lowest BCUT2D eigenvalue weighted by atomic mass is 10.1. The highest BCUT2D eigenvalue weighted by atomic mass is 32.2. The van der Waals surface area contributed by atoms with Crippen molar-refractivity contribution in [1.82, 2.24) is 15.5 Å². The Morgan fingerprint density at radius 3 is 3.10 bits per heavy atom. The zero-order valence-electron chi connectivity index (χ0n) is 11.1. The van der Waals surface area contributed by atoms with Gasteiger partial charge in [0.05, 0.1) is 0 Å². The van der Waals surface area contributed by atoms with E-state index >= 15 is 0 Å². The molecule has 0 fully saturated rings. The number of nitrogens with two attached hydrogens (primary N) is 1. The standard InChI is InChI=1S/C13H16N4O2S/c1-20-7-3-6-16-13(18)10-11(17-19-12(10)14)9-4-2-5-15-8-9/h2,4-5,8H,3,6-7,14H2,1H3,(H,16,18). The molecule has 2 rings (SSSR count). The zero-order valence-corrected chi connectivity index (χ0v) is 11.9. The van der Waals surface area contributed by atoms with Gasteiger partial charge in [-0.1, -0.05) is 5.16 Å². The molecule has 0 atom stereocenters. The van der Waals surface area contributed by atoms with Crippen molar-refractivity contribution in [3.8, 4) is 11.3 Å². The summed E-state index contributed by atoms with van der Waals surface area (Å²) in [7, 11) is 0. The summed E-state index contributed by atoms with van der Waals surface area (Å²) in [4.78, 5) is 16.2. The lowest BCUT2D eigenvalue weighted by Crippen LogP contribution is -2.25. The Labute approximate surface area is 121 Å².